The number of H-pyrrole nitrogens is 1. The van der Waals surface area contributed by atoms with Crippen molar-refractivity contribution in [1.82, 2.24) is 4.98 Å². The Morgan fingerprint density at radius 1 is 1.82 bits per heavy atom. The molecule has 0 fully saturated rings. The van der Waals surface area contributed by atoms with Crippen LogP contribution in [0.25, 0.3) is 0 Å². The Bertz CT molecular complexity index is 222. The maximum Gasteiger partial charge on any atom is 0.0567 e. The Hall–Kier alpha value is -1.02. The van der Waals surface area contributed by atoms with Crippen LogP contribution in [-0.4, -0.2) is 4.98 Å². The molecule has 11 heavy (non-hydrogen) atoms. The zero-order valence-electron chi connectivity index (χ0n) is 6.80. The largest absolute Gasteiger partial charge is 0.363 e. The molecule has 0 aromatic carbocycles. The molecule has 0 spiro atoms. The van der Waals surface area contributed by atoms with Gasteiger partial charge in [0.2, 0.25) is 0 Å². The van der Waals surface area contributed by atoms with Crippen LogP contribution < -0.4 is 5.73 Å². The van der Waals surface area contributed by atoms with E-state index in [1.54, 1.807) is 0 Å². The van der Waals surface area contributed by atoms with Gasteiger partial charge in [0, 0.05) is 11.9 Å². The minimum absolute atomic E-state index is 0.300. The van der Waals surface area contributed by atoms with Crippen molar-refractivity contribution in [3.63, 3.8) is 0 Å². The number of aromatic nitrogens is 1. The summed E-state index contributed by atoms with van der Waals surface area (Å²) in [7, 11) is 0. The fourth-order valence-electron chi connectivity index (χ4n) is 1.10. The van der Waals surface area contributed by atoms with E-state index in [2.05, 4.69) is 11.6 Å². The van der Waals surface area contributed by atoms with Gasteiger partial charge in [-0.05, 0) is 25.5 Å². The van der Waals surface area contributed by atoms with Crippen LogP contribution in [0.1, 0.15) is 19.0 Å². The molecule has 1 aromatic rings. The Kier molecular flexibility index (Phi) is 2.15. The average molecular weight is 150 g/mol. The molecule has 2 nitrogen and oxygen atoms in total. The van der Waals surface area contributed by atoms with E-state index in [0.29, 0.717) is 0 Å². The average Bonchev–Trinajstić information content (AvgIpc) is 2.37. The Labute approximate surface area is 67.1 Å². The molecule has 0 aliphatic rings. The van der Waals surface area contributed by atoms with Crippen LogP contribution in [-0.2, 0) is 5.54 Å². The van der Waals surface area contributed by atoms with Gasteiger partial charge >= 0.3 is 0 Å². The third-order valence-electron chi connectivity index (χ3n) is 1.78. The maximum absolute atomic E-state index is 5.99. The second kappa shape index (κ2) is 2.93. The summed E-state index contributed by atoms with van der Waals surface area (Å²) in [5, 5.41) is 0. The van der Waals surface area contributed by atoms with E-state index < -0.39 is 0 Å². The molecule has 0 amide bonds. The zero-order valence-corrected chi connectivity index (χ0v) is 6.80. The number of nitrogens with two attached hydrogens (primary N) is 1. The van der Waals surface area contributed by atoms with Crippen molar-refractivity contribution in [2.24, 2.45) is 5.73 Å². The van der Waals surface area contributed by atoms with Gasteiger partial charge in [-0.2, -0.15) is 0 Å². The van der Waals surface area contributed by atoms with Crippen LogP contribution in [0, 0.1) is 0 Å². The number of hydrogen-bond donors (Lipinski definition) is 2. The lowest BCUT2D eigenvalue weighted by Crippen LogP contribution is -2.32. The van der Waals surface area contributed by atoms with Crippen LogP contribution in [0.2, 0.25) is 0 Å². The third-order valence-corrected chi connectivity index (χ3v) is 1.78. The smallest absolute Gasteiger partial charge is 0.0567 e. The van der Waals surface area contributed by atoms with Crippen molar-refractivity contribution >= 4 is 0 Å². The first-order chi connectivity index (χ1) is 5.17. The monoisotopic (exact) mass is 150 g/mol. The molecule has 1 heterocycles. The van der Waals surface area contributed by atoms with Crippen LogP contribution in [0.4, 0.5) is 0 Å². The second-order valence-corrected chi connectivity index (χ2v) is 2.99. The normalized spacial score (nSPS) is 15.8. The second-order valence-electron chi connectivity index (χ2n) is 2.99. The lowest BCUT2D eigenvalue weighted by atomic mass is 9.95. The summed E-state index contributed by atoms with van der Waals surface area (Å²) < 4.78 is 0. The minimum atomic E-state index is -0.300. The summed E-state index contributed by atoms with van der Waals surface area (Å²) >= 11 is 0. The van der Waals surface area contributed by atoms with Crippen molar-refractivity contribution in [1.29, 1.82) is 0 Å². The van der Waals surface area contributed by atoms with Gasteiger partial charge in [-0.15, -0.1) is 6.58 Å². The highest BCUT2D eigenvalue weighted by molar-refractivity contribution is 5.15. The highest BCUT2D eigenvalue weighted by Crippen LogP contribution is 2.19. The van der Waals surface area contributed by atoms with Gasteiger partial charge in [-0.3, -0.25) is 0 Å². The van der Waals surface area contributed by atoms with E-state index in [1.807, 2.05) is 31.3 Å². The highest BCUT2D eigenvalue weighted by Gasteiger charge is 2.19. The molecule has 1 rings (SSSR count). The van der Waals surface area contributed by atoms with Crippen molar-refractivity contribution in [2.45, 2.75) is 18.9 Å². The van der Waals surface area contributed by atoms with Crippen LogP contribution >= 0.6 is 0 Å². The number of rotatable bonds is 3. The molecule has 1 atom stereocenters. The molecule has 0 aliphatic heterocycles. The van der Waals surface area contributed by atoms with Crippen LogP contribution in [0.3, 0.4) is 0 Å². The van der Waals surface area contributed by atoms with Gasteiger partial charge in [0.25, 0.3) is 0 Å². The van der Waals surface area contributed by atoms with Crippen molar-refractivity contribution < 1.29 is 0 Å². The van der Waals surface area contributed by atoms with Crippen molar-refractivity contribution in [2.75, 3.05) is 0 Å². The predicted octanol–water partition coefficient (Wildman–Crippen LogP) is 1.76. The Balaban J connectivity index is 2.81. The van der Waals surface area contributed by atoms with E-state index in [1.165, 1.54) is 0 Å². The molecule has 0 bridgehead atoms. The topological polar surface area (TPSA) is 41.8 Å². The summed E-state index contributed by atoms with van der Waals surface area (Å²) in [6.07, 6.45) is 4.50. The summed E-state index contributed by atoms with van der Waals surface area (Å²) in [5.74, 6) is 0. The molecular formula is C9H14N2. The standard InChI is InChI=1S/C9H14N2/c1-3-6-9(2,10)8-5-4-7-11-8/h3-5,7,11H,1,6,10H2,2H3. The molecule has 0 saturated heterocycles. The summed E-state index contributed by atoms with van der Waals surface area (Å²) in [6.45, 7) is 5.65. The zero-order chi connectivity index (χ0) is 8.32. The number of aromatic amines is 1. The van der Waals surface area contributed by atoms with E-state index in [-0.39, 0.29) is 5.54 Å². The van der Waals surface area contributed by atoms with Gasteiger partial charge in [0.05, 0.1) is 5.54 Å². The van der Waals surface area contributed by atoms with E-state index in [4.69, 9.17) is 5.73 Å². The lowest BCUT2D eigenvalue weighted by molar-refractivity contribution is 0.489. The molecule has 1 aromatic heterocycles. The first-order valence-corrected chi connectivity index (χ1v) is 3.70. The van der Waals surface area contributed by atoms with Gasteiger partial charge in [-0.1, -0.05) is 6.08 Å². The van der Waals surface area contributed by atoms with E-state index >= 15 is 0 Å². The Morgan fingerprint density at radius 3 is 3.00 bits per heavy atom. The molecule has 1 unspecified atom stereocenters. The van der Waals surface area contributed by atoms with Gasteiger partial charge < -0.3 is 10.7 Å². The van der Waals surface area contributed by atoms with Crippen LogP contribution in [0.5, 0.6) is 0 Å². The fraction of sp³-hybridized carbons (Fsp3) is 0.333. The quantitative estimate of drug-likeness (QED) is 0.633. The highest BCUT2D eigenvalue weighted by atomic mass is 14.8. The maximum atomic E-state index is 5.99. The first-order valence-electron chi connectivity index (χ1n) is 3.70. The van der Waals surface area contributed by atoms with E-state index in [0.717, 1.165) is 12.1 Å². The number of nitrogens with one attached hydrogen (secondary N) is 1. The SMILES string of the molecule is C=CCC(C)(N)c1ccc[nH]1. The first kappa shape index (κ1) is 8.08. The summed E-state index contributed by atoms with van der Waals surface area (Å²) in [5.41, 5.74) is 6.74. The molecule has 0 aliphatic carbocycles. The molecular weight excluding hydrogens is 136 g/mol. The Morgan fingerprint density at radius 2 is 2.55 bits per heavy atom. The van der Waals surface area contributed by atoms with Gasteiger partial charge in [-0.25, -0.2) is 0 Å². The van der Waals surface area contributed by atoms with Crippen molar-refractivity contribution in [3.05, 3.63) is 36.7 Å². The van der Waals surface area contributed by atoms with Crippen LogP contribution in [0.15, 0.2) is 31.0 Å². The van der Waals surface area contributed by atoms with Crippen molar-refractivity contribution in [3.8, 4) is 0 Å². The number of hydrogen-bond acceptors (Lipinski definition) is 1. The molecule has 0 saturated carbocycles. The lowest BCUT2D eigenvalue weighted by Gasteiger charge is -2.21. The molecule has 2 heteroatoms. The predicted molar refractivity (Wildman–Crippen MR) is 47.1 cm³/mol. The van der Waals surface area contributed by atoms with Gasteiger partial charge in [0.1, 0.15) is 0 Å². The minimum Gasteiger partial charge on any atom is -0.363 e. The molecule has 0 radical (unpaired) electrons. The fourth-order valence-corrected chi connectivity index (χ4v) is 1.10. The summed E-state index contributed by atoms with van der Waals surface area (Å²) in [4.78, 5) is 3.09. The van der Waals surface area contributed by atoms with Gasteiger partial charge in [0.15, 0.2) is 0 Å². The van der Waals surface area contributed by atoms with E-state index in [9.17, 15) is 0 Å². The molecule has 60 valence electrons. The summed E-state index contributed by atoms with van der Waals surface area (Å²) in [6, 6.07) is 3.94. The third kappa shape index (κ3) is 1.71. The molecule has 3 N–H and O–H groups in total.